The molecule has 1 aromatic carbocycles. The minimum Gasteiger partial charge on any atom is -0.362 e. The number of nitrogens with zero attached hydrogens (tertiary/aromatic N) is 2. The molecular formula is C20H30N2O2. The largest absolute Gasteiger partial charge is 0.362 e. The van der Waals surface area contributed by atoms with E-state index in [1.165, 1.54) is 5.56 Å². The Morgan fingerprint density at radius 3 is 2.71 bits per heavy atom. The number of amides is 1. The van der Waals surface area contributed by atoms with Crippen molar-refractivity contribution in [1.29, 1.82) is 0 Å². The molecule has 1 unspecified atom stereocenters. The van der Waals surface area contributed by atoms with Crippen LogP contribution in [0.3, 0.4) is 0 Å². The van der Waals surface area contributed by atoms with Gasteiger partial charge in [0.2, 0.25) is 0 Å². The number of hydrogen-bond acceptors (Lipinski definition) is 3. The van der Waals surface area contributed by atoms with E-state index in [0.29, 0.717) is 6.61 Å². The van der Waals surface area contributed by atoms with Gasteiger partial charge in [-0.05, 0) is 45.1 Å². The summed E-state index contributed by atoms with van der Waals surface area (Å²) in [5.41, 5.74) is 0.740. The number of benzene rings is 1. The van der Waals surface area contributed by atoms with Crippen molar-refractivity contribution in [3.8, 4) is 0 Å². The zero-order valence-electron chi connectivity index (χ0n) is 15.0. The van der Waals surface area contributed by atoms with E-state index in [0.717, 1.165) is 51.9 Å². The monoisotopic (exact) mass is 330 g/mol. The van der Waals surface area contributed by atoms with Gasteiger partial charge in [0.05, 0.1) is 6.61 Å². The maximum absolute atomic E-state index is 13.2. The Labute approximate surface area is 145 Å². The number of hydrogen-bond donors (Lipinski definition) is 0. The van der Waals surface area contributed by atoms with Crippen LogP contribution in [0, 0.1) is 0 Å². The highest BCUT2D eigenvalue weighted by atomic mass is 16.5. The molecule has 1 atom stereocenters. The molecule has 2 saturated heterocycles. The summed E-state index contributed by atoms with van der Waals surface area (Å²) in [6, 6.07) is 10.8. The second-order valence-electron chi connectivity index (χ2n) is 7.40. The summed E-state index contributed by atoms with van der Waals surface area (Å²) in [5.74, 6) is 0.208. The predicted octanol–water partition coefficient (Wildman–Crippen LogP) is 2.72. The van der Waals surface area contributed by atoms with E-state index in [9.17, 15) is 4.79 Å². The molecule has 0 aliphatic carbocycles. The normalized spacial score (nSPS) is 26.1. The van der Waals surface area contributed by atoms with E-state index in [2.05, 4.69) is 49.1 Å². The van der Waals surface area contributed by atoms with Crippen LogP contribution in [0.1, 0.15) is 38.7 Å². The average molecular weight is 330 g/mol. The fourth-order valence-electron chi connectivity index (χ4n) is 3.91. The zero-order valence-corrected chi connectivity index (χ0v) is 15.0. The molecule has 0 aromatic heterocycles. The Balaban J connectivity index is 1.67. The molecule has 2 fully saturated rings. The van der Waals surface area contributed by atoms with Crippen LogP contribution < -0.4 is 0 Å². The molecule has 3 rings (SSSR count). The van der Waals surface area contributed by atoms with Crippen LogP contribution >= 0.6 is 0 Å². The van der Waals surface area contributed by atoms with Crippen LogP contribution in [0.15, 0.2) is 30.3 Å². The summed E-state index contributed by atoms with van der Waals surface area (Å²) in [5, 5.41) is 0. The molecule has 0 N–H and O–H groups in total. The summed E-state index contributed by atoms with van der Waals surface area (Å²) in [7, 11) is 0. The van der Waals surface area contributed by atoms with Crippen LogP contribution in [-0.2, 0) is 16.0 Å². The third-order valence-corrected chi connectivity index (χ3v) is 5.33. The number of ether oxygens (including phenoxy) is 1. The molecule has 1 spiro atoms. The molecule has 24 heavy (non-hydrogen) atoms. The smallest absolute Gasteiger partial charge is 0.256 e. The van der Waals surface area contributed by atoms with Crippen molar-refractivity contribution >= 4 is 5.91 Å². The van der Waals surface area contributed by atoms with Crippen LogP contribution in [0.2, 0.25) is 0 Å². The number of carbonyl (C=O) groups excluding carboxylic acids is 1. The Kier molecular flexibility index (Phi) is 5.57. The fraction of sp³-hybridized carbons (Fsp3) is 0.650. The van der Waals surface area contributed by atoms with Gasteiger partial charge in [-0.3, -0.25) is 9.69 Å². The van der Waals surface area contributed by atoms with Gasteiger partial charge in [-0.15, -0.1) is 0 Å². The molecule has 1 amide bonds. The Morgan fingerprint density at radius 2 is 1.96 bits per heavy atom. The van der Waals surface area contributed by atoms with E-state index in [1.54, 1.807) is 0 Å². The third kappa shape index (κ3) is 3.81. The quantitative estimate of drug-likeness (QED) is 0.851. The van der Waals surface area contributed by atoms with Crippen molar-refractivity contribution < 1.29 is 9.53 Å². The molecule has 0 bridgehead atoms. The van der Waals surface area contributed by atoms with Gasteiger partial charge in [0.15, 0.2) is 5.60 Å². The molecule has 0 saturated carbocycles. The molecule has 2 aliphatic heterocycles. The first-order valence-corrected chi connectivity index (χ1v) is 9.32. The molecular weight excluding hydrogens is 300 g/mol. The summed E-state index contributed by atoms with van der Waals surface area (Å²) in [4.78, 5) is 17.6. The molecule has 1 aromatic rings. The van der Waals surface area contributed by atoms with Gasteiger partial charge in [0.25, 0.3) is 5.91 Å². The summed E-state index contributed by atoms with van der Waals surface area (Å²) < 4.78 is 6.13. The van der Waals surface area contributed by atoms with E-state index >= 15 is 0 Å². The number of morpholine rings is 1. The van der Waals surface area contributed by atoms with Gasteiger partial charge in [0.1, 0.15) is 0 Å². The maximum Gasteiger partial charge on any atom is 0.256 e. The van der Waals surface area contributed by atoms with Crippen molar-refractivity contribution in [2.24, 2.45) is 0 Å². The van der Waals surface area contributed by atoms with Crippen molar-refractivity contribution in [1.82, 2.24) is 9.80 Å². The lowest BCUT2D eigenvalue weighted by Gasteiger charge is -2.43. The second-order valence-corrected chi connectivity index (χ2v) is 7.40. The molecule has 0 radical (unpaired) electrons. The van der Waals surface area contributed by atoms with Crippen LogP contribution in [0.5, 0.6) is 0 Å². The molecule has 2 aliphatic rings. The minimum atomic E-state index is -0.615. The fourth-order valence-corrected chi connectivity index (χ4v) is 3.91. The highest BCUT2D eigenvalue weighted by Gasteiger charge is 2.47. The van der Waals surface area contributed by atoms with Gasteiger partial charge in [0, 0.05) is 32.2 Å². The minimum absolute atomic E-state index is 0.208. The van der Waals surface area contributed by atoms with Crippen LogP contribution in [-0.4, -0.2) is 60.1 Å². The van der Waals surface area contributed by atoms with Gasteiger partial charge in [-0.25, -0.2) is 0 Å². The standard InChI is InChI=1S/C20H30N2O2/c1-17(2)22-12-7-6-11-20(19(22)23)16-21(14-15-24-20)13-10-18-8-4-3-5-9-18/h3-5,8-9,17H,6-7,10-16H2,1-2H3. The second kappa shape index (κ2) is 7.66. The molecule has 132 valence electrons. The average Bonchev–Trinajstić information content (AvgIpc) is 2.74. The lowest BCUT2D eigenvalue weighted by atomic mass is 9.93. The van der Waals surface area contributed by atoms with Crippen LogP contribution in [0.25, 0.3) is 0 Å². The third-order valence-electron chi connectivity index (χ3n) is 5.33. The van der Waals surface area contributed by atoms with E-state index < -0.39 is 5.60 Å². The summed E-state index contributed by atoms with van der Waals surface area (Å²) >= 11 is 0. The van der Waals surface area contributed by atoms with E-state index in [-0.39, 0.29) is 11.9 Å². The van der Waals surface area contributed by atoms with Gasteiger partial charge in [-0.1, -0.05) is 30.3 Å². The maximum atomic E-state index is 13.2. The first-order valence-electron chi connectivity index (χ1n) is 9.32. The number of rotatable bonds is 4. The van der Waals surface area contributed by atoms with Crippen LogP contribution in [0.4, 0.5) is 0 Å². The predicted molar refractivity (Wildman–Crippen MR) is 96.0 cm³/mol. The van der Waals surface area contributed by atoms with E-state index in [1.807, 2.05) is 4.90 Å². The van der Waals surface area contributed by atoms with Crippen molar-refractivity contribution in [3.63, 3.8) is 0 Å². The summed E-state index contributed by atoms with van der Waals surface area (Å²) in [6.07, 6.45) is 4.04. The highest BCUT2D eigenvalue weighted by Crippen LogP contribution is 2.30. The van der Waals surface area contributed by atoms with E-state index in [4.69, 9.17) is 4.74 Å². The van der Waals surface area contributed by atoms with Crippen molar-refractivity contribution in [2.75, 3.05) is 32.8 Å². The van der Waals surface area contributed by atoms with Crippen molar-refractivity contribution in [3.05, 3.63) is 35.9 Å². The lowest BCUT2D eigenvalue weighted by Crippen LogP contribution is -2.61. The summed E-state index contributed by atoms with van der Waals surface area (Å²) in [6.45, 7) is 8.38. The molecule has 4 heteroatoms. The topological polar surface area (TPSA) is 32.8 Å². The van der Waals surface area contributed by atoms with Gasteiger partial charge >= 0.3 is 0 Å². The van der Waals surface area contributed by atoms with Crippen molar-refractivity contribution in [2.45, 2.75) is 51.2 Å². The molecule has 2 heterocycles. The first kappa shape index (κ1) is 17.4. The zero-order chi connectivity index (χ0) is 17.0. The molecule has 4 nitrogen and oxygen atoms in total. The Morgan fingerprint density at radius 1 is 1.17 bits per heavy atom. The van der Waals surface area contributed by atoms with Gasteiger partial charge < -0.3 is 9.64 Å². The Bertz CT molecular complexity index is 546. The van der Waals surface area contributed by atoms with Gasteiger partial charge in [-0.2, -0.15) is 0 Å². The highest BCUT2D eigenvalue weighted by molar-refractivity contribution is 5.86. The SMILES string of the molecule is CC(C)N1CCCCC2(CN(CCc3ccccc3)CCO2)C1=O. The number of likely N-dealkylation sites (tertiary alicyclic amines) is 1. The Hall–Kier alpha value is -1.39. The number of carbonyl (C=O) groups is 1. The lowest BCUT2D eigenvalue weighted by molar-refractivity contribution is -0.172. The first-order chi connectivity index (χ1) is 11.6.